The smallest absolute Gasteiger partial charge is 0.305 e. The predicted octanol–water partition coefficient (Wildman–Crippen LogP) is 0.745. The molecule has 0 aliphatic carbocycles. The van der Waals surface area contributed by atoms with Gasteiger partial charge in [0.15, 0.2) is 0 Å². The Kier molecular flexibility index (Phi) is 4.25. The van der Waals surface area contributed by atoms with E-state index in [0.29, 0.717) is 12.2 Å². The quantitative estimate of drug-likeness (QED) is 0.822. The number of hydrogen-bond acceptors (Lipinski definition) is 3. The number of imidazole rings is 1. The Morgan fingerprint density at radius 3 is 2.65 bits per heavy atom. The van der Waals surface area contributed by atoms with Gasteiger partial charge in [0.1, 0.15) is 5.69 Å². The number of carboxylic acid groups (broad SMARTS) is 1. The highest BCUT2D eigenvalue weighted by Gasteiger charge is 2.23. The van der Waals surface area contributed by atoms with Crippen LogP contribution in [0.4, 0.5) is 0 Å². The summed E-state index contributed by atoms with van der Waals surface area (Å²) in [7, 11) is 1.73. The Morgan fingerprint density at radius 1 is 1.59 bits per heavy atom. The topological polar surface area (TPSA) is 75.4 Å². The third kappa shape index (κ3) is 3.05. The van der Waals surface area contributed by atoms with Crippen LogP contribution in [-0.4, -0.2) is 44.0 Å². The van der Waals surface area contributed by atoms with Crippen molar-refractivity contribution in [3.8, 4) is 0 Å². The second-order valence-corrected chi connectivity index (χ2v) is 3.93. The van der Waals surface area contributed by atoms with Crippen LogP contribution in [0.15, 0.2) is 12.5 Å². The molecule has 6 heteroatoms. The lowest BCUT2D eigenvalue weighted by Crippen LogP contribution is -2.40. The van der Waals surface area contributed by atoms with Gasteiger partial charge in [0.05, 0.1) is 18.9 Å². The molecule has 1 atom stereocenters. The van der Waals surface area contributed by atoms with Gasteiger partial charge < -0.3 is 14.6 Å². The van der Waals surface area contributed by atoms with Crippen LogP contribution in [0.3, 0.4) is 0 Å². The van der Waals surface area contributed by atoms with Crippen LogP contribution < -0.4 is 0 Å². The second-order valence-electron chi connectivity index (χ2n) is 3.93. The average molecular weight is 239 g/mol. The molecule has 1 amide bonds. The number of carbonyl (C=O) groups excluding carboxylic acids is 1. The number of aromatic nitrogens is 2. The molecule has 1 N–H and O–H groups in total. The van der Waals surface area contributed by atoms with Gasteiger partial charge in [0, 0.05) is 19.6 Å². The number of rotatable bonds is 5. The van der Waals surface area contributed by atoms with Gasteiger partial charge in [-0.3, -0.25) is 9.59 Å². The Morgan fingerprint density at radius 2 is 2.24 bits per heavy atom. The largest absolute Gasteiger partial charge is 0.481 e. The van der Waals surface area contributed by atoms with Gasteiger partial charge in [-0.05, 0) is 13.8 Å². The monoisotopic (exact) mass is 239 g/mol. The zero-order valence-corrected chi connectivity index (χ0v) is 10.3. The summed E-state index contributed by atoms with van der Waals surface area (Å²) in [6, 6.07) is -0.333. The molecular weight excluding hydrogens is 222 g/mol. The first kappa shape index (κ1) is 13.2. The molecule has 1 aromatic rings. The summed E-state index contributed by atoms with van der Waals surface area (Å²) in [6.45, 7) is 4.02. The van der Waals surface area contributed by atoms with Crippen LogP contribution in [0.25, 0.3) is 0 Å². The van der Waals surface area contributed by atoms with Crippen molar-refractivity contribution in [2.45, 2.75) is 26.3 Å². The minimum Gasteiger partial charge on any atom is -0.481 e. The molecule has 0 radical (unpaired) electrons. The Hall–Kier alpha value is -1.85. The van der Waals surface area contributed by atoms with E-state index in [-0.39, 0.29) is 18.4 Å². The lowest BCUT2D eigenvalue weighted by Gasteiger charge is -2.26. The number of aryl methyl sites for hydroxylation is 1. The Labute approximate surface area is 99.9 Å². The molecule has 1 heterocycles. The van der Waals surface area contributed by atoms with Gasteiger partial charge in [-0.15, -0.1) is 0 Å². The molecule has 0 aliphatic heterocycles. The van der Waals surface area contributed by atoms with Crippen LogP contribution in [0.5, 0.6) is 0 Å². The molecule has 1 unspecified atom stereocenters. The molecule has 94 valence electrons. The van der Waals surface area contributed by atoms with Crippen LogP contribution in [0, 0.1) is 0 Å². The van der Waals surface area contributed by atoms with E-state index < -0.39 is 5.97 Å². The van der Waals surface area contributed by atoms with Crippen LogP contribution in [0.2, 0.25) is 0 Å². The van der Waals surface area contributed by atoms with Crippen molar-refractivity contribution in [1.82, 2.24) is 14.5 Å². The highest BCUT2D eigenvalue weighted by Crippen LogP contribution is 2.10. The summed E-state index contributed by atoms with van der Waals surface area (Å²) in [5, 5.41) is 8.74. The molecule has 0 saturated heterocycles. The van der Waals surface area contributed by atoms with Crippen LogP contribution in [0.1, 0.15) is 30.8 Å². The molecule has 0 saturated carbocycles. The third-order valence-electron chi connectivity index (χ3n) is 2.64. The number of aliphatic carboxylic acids is 1. The molecule has 0 bridgehead atoms. The van der Waals surface area contributed by atoms with Crippen molar-refractivity contribution in [2.75, 3.05) is 6.54 Å². The molecular formula is C11H17N3O3. The second kappa shape index (κ2) is 5.47. The standard InChI is InChI=1S/C11H17N3O3/c1-4-14(8(2)5-10(15)16)11(17)9-6-12-7-13(9)3/h6-8H,4-5H2,1-3H3,(H,15,16). The normalized spacial score (nSPS) is 12.2. The van der Waals surface area contributed by atoms with Crippen LogP contribution >= 0.6 is 0 Å². The van der Waals surface area contributed by atoms with E-state index in [0.717, 1.165) is 0 Å². The summed E-state index contributed by atoms with van der Waals surface area (Å²) >= 11 is 0. The molecule has 0 aromatic carbocycles. The molecule has 17 heavy (non-hydrogen) atoms. The SMILES string of the molecule is CCN(C(=O)c1cncn1C)C(C)CC(=O)O. The first-order chi connectivity index (χ1) is 7.97. The van der Waals surface area contributed by atoms with E-state index >= 15 is 0 Å². The summed E-state index contributed by atoms with van der Waals surface area (Å²) in [4.78, 5) is 28.2. The van der Waals surface area contributed by atoms with Gasteiger partial charge in [-0.2, -0.15) is 0 Å². The number of carboxylic acids is 1. The van der Waals surface area contributed by atoms with Gasteiger partial charge in [-0.25, -0.2) is 4.98 Å². The number of hydrogen-bond donors (Lipinski definition) is 1. The Balaban J connectivity index is 2.84. The van der Waals surface area contributed by atoms with Crippen molar-refractivity contribution in [3.63, 3.8) is 0 Å². The van der Waals surface area contributed by atoms with E-state index in [1.165, 1.54) is 11.1 Å². The maximum atomic E-state index is 12.2. The van der Waals surface area contributed by atoms with E-state index in [1.807, 2.05) is 6.92 Å². The fourth-order valence-corrected chi connectivity index (χ4v) is 1.73. The lowest BCUT2D eigenvalue weighted by atomic mass is 10.2. The van der Waals surface area contributed by atoms with E-state index in [4.69, 9.17) is 5.11 Å². The average Bonchev–Trinajstić information content (AvgIpc) is 2.64. The molecule has 0 aliphatic rings. The van der Waals surface area contributed by atoms with Crippen molar-refractivity contribution >= 4 is 11.9 Å². The highest BCUT2D eigenvalue weighted by molar-refractivity contribution is 5.92. The summed E-state index contributed by atoms with van der Waals surface area (Å²) < 4.78 is 1.62. The van der Waals surface area contributed by atoms with Crippen molar-refractivity contribution in [2.24, 2.45) is 7.05 Å². The zero-order chi connectivity index (χ0) is 13.0. The molecule has 0 fully saturated rings. The minimum atomic E-state index is -0.909. The molecule has 6 nitrogen and oxygen atoms in total. The van der Waals surface area contributed by atoms with E-state index in [9.17, 15) is 9.59 Å². The molecule has 0 spiro atoms. The number of nitrogens with zero attached hydrogens (tertiary/aromatic N) is 3. The fourth-order valence-electron chi connectivity index (χ4n) is 1.73. The van der Waals surface area contributed by atoms with Gasteiger partial charge in [0.2, 0.25) is 0 Å². The first-order valence-electron chi connectivity index (χ1n) is 5.46. The summed E-state index contributed by atoms with van der Waals surface area (Å²) in [5.41, 5.74) is 0.462. The maximum Gasteiger partial charge on any atom is 0.305 e. The minimum absolute atomic E-state index is 0.0581. The zero-order valence-electron chi connectivity index (χ0n) is 10.3. The lowest BCUT2D eigenvalue weighted by molar-refractivity contribution is -0.138. The summed E-state index contributed by atoms with van der Waals surface area (Å²) in [6.07, 6.45) is 2.97. The fraction of sp³-hybridized carbons (Fsp3) is 0.545. The van der Waals surface area contributed by atoms with Crippen LogP contribution in [-0.2, 0) is 11.8 Å². The number of amides is 1. The Bertz CT molecular complexity index is 414. The van der Waals surface area contributed by atoms with Gasteiger partial charge in [-0.1, -0.05) is 0 Å². The van der Waals surface area contributed by atoms with Crippen molar-refractivity contribution in [1.29, 1.82) is 0 Å². The molecule has 1 aromatic heterocycles. The predicted molar refractivity (Wildman–Crippen MR) is 61.6 cm³/mol. The van der Waals surface area contributed by atoms with Crippen molar-refractivity contribution < 1.29 is 14.7 Å². The summed E-state index contributed by atoms with van der Waals surface area (Å²) in [5.74, 6) is -1.10. The number of carbonyl (C=O) groups is 2. The third-order valence-corrected chi connectivity index (χ3v) is 2.64. The van der Waals surface area contributed by atoms with E-state index in [1.54, 1.807) is 24.9 Å². The van der Waals surface area contributed by atoms with E-state index in [2.05, 4.69) is 4.98 Å². The highest BCUT2D eigenvalue weighted by atomic mass is 16.4. The van der Waals surface area contributed by atoms with Gasteiger partial charge >= 0.3 is 5.97 Å². The first-order valence-corrected chi connectivity index (χ1v) is 5.46. The maximum absolute atomic E-state index is 12.2. The van der Waals surface area contributed by atoms with Gasteiger partial charge in [0.25, 0.3) is 5.91 Å². The van der Waals surface area contributed by atoms with Crippen molar-refractivity contribution in [3.05, 3.63) is 18.2 Å². The molecule has 1 rings (SSSR count).